The fourth-order valence-electron chi connectivity index (χ4n) is 3.84. The van der Waals surface area contributed by atoms with E-state index in [9.17, 15) is 9.90 Å². The molecule has 2 fully saturated rings. The monoisotopic (exact) mass is 273 g/mol. The Morgan fingerprint density at radius 2 is 1.95 bits per heavy atom. The van der Waals surface area contributed by atoms with E-state index in [4.69, 9.17) is 0 Å². The number of aliphatic hydroxyl groups excluding tert-OH is 1. The zero-order chi connectivity index (χ0) is 13.9. The topological polar surface area (TPSA) is 40.5 Å². The van der Waals surface area contributed by atoms with E-state index in [0.717, 1.165) is 44.2 Å². The van der Waals surface area contributed by atoms with E-state index in [0.29, 0.717) is 12.3 Å². The number of hydrogen-bond donors (Lipinski definition) is 1. The lowest BCUT2D eigenvalue weighted by atomic mass is 9.93. The Morgan fingerprint density at radius 3 is 2.65 bits per heavy atom. The van der Waals surface area contributed by atoms with Crippen LogP contribution in [-0.2, 0) is 11.2 Å². The summed E-state index contributed by atoms with van der Waals surface area (Å²) >= 11 is 0. The lowest BCUT2D eigenvalue weighted by Crippen LogP contribution is -2.43. The molecule has 3 unspecified atom stereocenters. The maximum absolute atomic E-state index is 12.5. The summed E-state index contributed by atoms with van der Waals surface area (Å²) in [6.45, 7) is 0.861. The highest BCUT2D eigenvalue weighted by atomic mass is 16.3. The summed E-state index contributed by atoms with van der Waals surface area (Å²) in [6.07, 6.45) is 5.49. The van der Waals surface area contributed by atoms with E-state index in [1.54, 1.807) is 0 Å². The number of rotatable bonds is 3. The molecule has 1 aromatic carbocycles. The largest absolute Gasteiger partial charge is 0.393 e. The Balaban J connectivity index is 1.67. The molecule has 2 aliphatic rings. The van der Waals surface area contributed by atoms with Crippen molar-refractivity contribution >= 4 is 5.91 Å². The van der Waals surface area contributed by atoms with Gasteiger partial charge in [0.1, 0.15) is 0 Å². The predicted molar refractivity (Wildman–Crippen MR) is 78.2 cm³/mol. The minimum absolute atomic E-state index is 0.204. The maximum atomic E-state index is 12.5. The molecule has 1 N–H and O–H groups in total. The van der Waals surface area contributed by atoms with Crippen LogP contribution in [0.2, 0.25) is 0 Å². The lowest BCUT2D eigenvalue weighted by Gasteiger charge is -2.31. The van der Waals surface area contributed by atoms with Crippen LogP contribution >= 0.6 is 0 Å². The highest BCUT2D eigenvalue weighted by molar-refractivity contribution is 5.79. The van der Waals surface area contributed by atoms with Gasteiger partial charge in [-0.05, 0) is 31.2 Å². The van der Waals surface area contributed by atoms with E-state index in [1.165, 1.54) is 0 Å². The molecule has 3 nitrogen and oxygen atoms in total. The molecule has 0 radical (unpaired) electrons. The molecule has 1 heterocycles. The molecule has 0 aromatic heterocycles. The van der Waals surface area contributed by atoms with Gasteiger partial charge < -0.3 is 10.0 Å². The van der Waals surface area contributed by atoms with Crippen LogP contribution in [0.3, 0.4) is 0 Å². The molecule has 1 aromatic rings. The fraction of sp³-hybridized carbons (Fsp3) is 0.588. The first-order chi connectivity index (χ1) is 9.75. The number of carbonyl (C=O) groups excluding carboxylic acids is 1. The van der Waals surface area contributed by atoms with Gasteiger partial charge in [0.25, 0.3) is 0 Å². The summed E-state index contributed by atoms with van der Waals surface area (Å²) < 4.78 is 0. The Hall–Kier alpha value is -1.35. The second-order valence-electron chi connectivity index (χ2n) is 6.12. The summed E-state index contributed by atoms with van der Waals surface area (Å²) in [6, 6.07) is 10.2. The van der Waals surface area contributed by atoms with Crippen molar-refractivity contribution in [1.82, 2.24) is 4.90 Å². The quantitative estimate of drug-likeness (QED) is 0.918. The van der Waals surface area contributed by atoms with Gasteiger partial charge in [0.15, 0.2) is 0 Å². The minimum atomic E-state index is -0.204. The normalized spacial score (nSPS) is 29.9. The molecule has 3 heteroatoms. The second kappa shape index (κ2) is 5.96. The fourth-order valence-corrected chi connectivity index (χ4v) is 3.84. The van der Waals surface area contributed by atoms with Gasteiger partial charge in [-0.1, -0.05) is 36.8 Å². The van der Waals surface area contributed by atoms with Crippen LogP contribution < -0.4 is 0 Å². The summed E-state index contributed by atoms with van der Waals surface area (Å²) in [7, 11) is 0. The molecular weight excluding hydrogens is 250 g/mol. The molecule has 1 aliphatic carbocycles. The molecule has 1 amide bonds. The van der Waals surface area contributed by atoms with Crippen LogP contribution in [0.1, 0.15) is 37.7 Å². The Morgan fingerprint density at radius 1 is 1.15 bits per heavy atom. The van der Waals surface area contributed by atoms with Crippen molar-refractivity contribution in [2.45, 2.75) is 50.7 Å². The van der Waals surface area contributed by atoms with Gasteiger partial charge in [-0.15, -0.1) is 0 Å². The number of amides is 1. The van der Waals surface area contributed by atoms with Gasteiger partial charge in [-0.2, -0.15) is 0 Å². The molecule has 3 atom stereocenters. The SMILES string of the molecule is O=C(Cc1ccccc1)N1CCCC1C1CCCC1O. The number of benzene rings is 1. The second-order valence-corrected chi connectivity index (χ2v) is 6.12. The van der Waals surface area contributed by atoms with Crippen LogP contribution in [0.25, 0.3) is 0 Å². The number of aliphatic hydroxyl groups is 1. The number of likely N-dealkylation sites (tertiary alicyclic amines) is 1. The molecule has 1 saturated heterocycles. The van der Waals surface area contributed by atoms with Crippen LogP contribution in [-0.4, -0.2) is 34.6 Å². The van der Waals surface area contributed by atoms with Crippen molar-refractivity contribution in [2.75, 3.05) is 6.54 Å². The van der Waals surface area contributed by atoms with E-state index < -0.39 is 0 Å². The van der Waals surface area contributed by atoms with Crippen molar-refractivity contribution in [3.05, 3.63) is 35.9 Å². The average Bonchev–Trinajstić information content (AvgIpc) is 3.07. The Labute approximate surface area is 120 Å². The van der Waals surface area contributed by atoms with E-state index in [-0.39, 0.29) is 18.1 Å². The first-order valence-electron chi connectivity index (χ1n) is 7.77. The van der Waals surface area contributed by atoms with Crippen LogP contribution in [0.15, 0.2) is 30.3 Å². The van der Waals surface area contributed by atoms with Crippen LogP contribution in [0, 0.1) is 5.92 Å². The highest BCUT2D eigenvalue weighted by Crippen LogP contribution is 2.36. The minimum Gasteiger partial charge on any atom is -0.393 e. The van der Waals surface area contributed by atoms with E-state index in [2.05, 4.69) is 0 Å². The molecule has 20 heavy (non-hydrogen) atoms. The number of nitrogens with zero attached hydrogens (tertiary/aromatic N) is 1. The molecule has 3 rings (SSSR count). The standard InChI is InChI=1S/C17H23NO2/c19-16-10-4-8-14(16)15-9-5-11-18(15)17(20)12-13-6-2-1-3-7-13/h1-3,6-7,14-16,19H,4-5,8-12H2. The smallest absolute Gasteiger partial charge is 0.227 e. The third kappa shape index (κ3) is 2.73. The van der Waals surface area contributed by atoms with Crippen LogP contribution in [0.4, 0.5) is 0 Å². The van der Waals surface area contributed by atoms with Crippen molar-refractivity contribution in [3.8, 4) is 0 Å². The van der Waals surface area contributed by atoms with Gasteiger partial charge in [-0.3, -0.25) is 4.79 Å². The first kappa shape index (κ1) is 13.6. The third-order valence-corrected chi connectivity index (χ3v) is 4.84. The first-order valence-corrected chi connectivity index (χ1v) is 7.77. The van der Waals surface area contributed by atoms with Crippen LogP contribution in [0.5, 0.6) is 0 Å². The molecule has 0 spiro atoms. The van der Waals surface area contributed by atoms with E-state index >= 15 is 0 Å². The molecule has 1 aliphatic heterocycles. The van der Waals surface area contributed by atoms with Gasteiger partial charge in [0.05, 0.1) is 12.5 Å². The third-order valence-electron chi connectivity index (χ3n) is 4.84. The Kier molecular flexibility index (Phi) is 4.06. The summed E-state index contributed by atoms with van der Waals surface area (Å²) in [5.74, 6) is 0.523. The van der Waals surface area contributed by atoms with Gasteiger partial charge in [0.2, 0.25) is 5.91 Å². The maximum Gasteiger partial charge on any atom is 0.227 e. The molecule has 0 bridgehead atoms. The summed E-state index contributed by atoms with van der Waals surface area (Å²) in [5, 5.41) is 10.1. The van der Waals surface area contributed by atoms with Crippen molar-refractivity contribution in [2.24, 2.45) is 5.92 Å². The Bertz CT molecular complexity index is 459. The van der Waals surface area contributed by atoms with E-state index in [1.807, 2.05) is 35.2 Å². The van der Waals surface area contributed by atoms with Gasteiger partial charge in [0, 0.05) is 18.5 Å². The van der Waals surface area contributed by atoms with Crippen molar-refractivity contribution in [1.29, 1.82) is 0 Å². The molecule has 108 valence electrons. The van der Waals surface area contributed by atoms with Crippen molar-refractivity contribution < 1.29 is 9.90 Å². The highest BCUT2D eigenvalue weighted by Gasteiger charge is 2.39. The zero-order valence-corrected chi connectivity index (χ0v) is 11.9. The lowest BCUT2D eigenvalue weighted by molar-refractivity contribution is -0.132. The summed E-state index contributed by atoms with van der Waals surface area (Å²) in [4.78, 5) is 14.6. The average molecular weight is 273 g/mol. The number of carbonyl (C=O) groups is 1. The van der Waals surface area contributed by atoms with Crippen molar-refractivity contribution in [3.63, 3.8) is 0 Å². The van der Waals surface area contributed by atoms with Gasteiger partial charge in [-0.25, -0.2) is 0 Å². The number of hydrogen-bond acceptors (Lipinski definition) is 2. The zero-order valence-electron chi connectivity index (χ0n) is 11.9. The summed E-state index contributed by atoms with van der Waals surface area (Å²) in [5.41, 5.74) is 1.08. The predicted octanol–water partition coefficient (Wildman–Crippen LogP) is 2.38. The molecular formula is C17H23NO2. The van der Waals surface area contributed by atoms with Gasteiger partial charge >= 0.3 is 0 Å². The molecule has 1 saturated carbocycles.